The summed E-state index contributed by atoms with van der Waals surface area (Å²) >= 11 is 0. The van der Waals surface area contributed by atoms with Crippen molar-refractivity contribution in [1.82, 2.24) is 5.32 Å². The van der Waals surface area contributed by atoms with Crippen molar-refractivity contribution in [3.8, 4) is 0 Å². The zero-order valence-electron chi connectivity index (χ0n) is 35.9. The highest BCUT2D eigenvalue weighted by molar-refractivity contribution is 7.45. The molecule has 0 aromatic carbocycles. The normalized spacial score (nSPS) is 14.7. The molecule has 1 unspecified atom stereocenters. The van der Waals surface area contributed by atoms with Crippen molar-refractivity contribution in [2.24, 2.45) is 0 Å². The van der Waals surface area contributed by atoms with Crippen LogP contribution in [0, 0.1) is 0 Å². The number of allylic oxidation sites excluding steroid dienone is 5. The Morgan fingerprint density at radius 2 is 1.04 bits per heavy atom. The lowest BCUT2D eigenvalue weighted by molar-refractivity contribution is -0.870. The van der Waals surface area contributed by atoms with Gasteiger partial charge in [0, 0.05) is 6.42 Å². The third-order valence-corrected chi connectivity index (χ3v) is 10.8. The maximum absolute atomic E-state index is 12.8. The zero-order valence-corrected chi connectivity index (χ0v) is 36.8. The summed E-state index contributed by atoms with van der Waals surface area (Å²) in [6, 6.07) is -0.901. The Morgan fingerprint density at radius 1 is 0.630 bits per heavy atom. The number of nitrogens with one attached hydrogen (secondary N) is 1. The molecule has 0 heterocycles. The number of likely N-dealkylation sites (N-methyl/N-ethyl adjacent to an activating group) is 1. The Kier molecular flexibility index (Phi) is 36.4. The molecule has 0 aliphatic heterocycles. The van der Waals surface area contributed by atoms with Gasteiger partial charge in [0.2, 0.25) is 5.91 Å². The fourth-order valence-electron chi connectivity index (χ4n) is 6.22. The first-order chi connectivity index (χ1) is 26.0. The maximum Gasteiger partial charge on any atom is 0.268 e. The summed E-state index contributed by atoms with van der Waals surface area (Å²) in [4.78, 5) is 25.3. The van der Waals surface area contributed by atoms with E-state index in [0.29, 0.717) is 17.4 Å². The Hall–Kier alpha value is -1.28. The van der Waals surface area contributed by atoms with Gasteiger partial charge in [0.1, 0.15) is 13.2 Å². The number of phosphoric ester groups is 1. The van der Waals surface area contributed by atoms with E-state index in [1.807, 2.05) is 27.2 Å². The lowest BCUT2D eigenvalue weighted by Gasteiger charge is -2.29. The zero-order chi connectivity index (χ0) is 40.0. The smallest absolute Gasteiger partial charge is 0.268 e. The third kappa shape index (κ3) is 39.0. The van der Waals surface area contributed by atoms with Crippen molar-refractivity contribution in [2.45, 2.75) is 206 Å². The van der Waals surface area contributed by atoms with Gasteiger partial charge in [-0.05, 0) is 57.8 Å². The average Bonchev–Trinajstić information content (AvgIpc) is 3.12. The number of hydrogen-bond acceptors (Lipinski definition) is 6. The van der Waals surface area contributed by atoms with Gasteiger partial charge in [0.25, 0.3) is 7.82 Å². The van der Waals surface area contributed by atoms with Gasteiger partial charge in [-0.1, -0.05) is 166 Å². The molecule has 0 rings (SSSR count). The van der Waals surface area contributed by atoms with Crippen molar-refractivity contribution < 1.29 is 32.9 Å². The number of quaternary nitrogens is 1. The van der Waals surface area contributed by atoms with Gasteiger partial charge >= 0.3 is 0 Å². The molecule has 0 fully saturated rings. The summed E-state index contributed by atoms with van der Waals surface area (Å²) in [5.41, 5.74) is 0. The summed E-state index contributed by atoms with van der Waals surface area (Å²) in [5.74, 6) is -0.211. The minimum absolute atomic E-state index is 0.00671. The molecule has 0 aliphatic rings. The van der Waals surface area contributed by atoms with Gasteiger partial charge in [-0.3, -0.25) is 9.36 Å². The number of unbranched alkanes of at least 4 members (excludes halogenated alkanes) is 23. The van der Waals surface area contributed by atoms with E-state index in [4.69, 9.17) is 9.05 Å². The molecule has 0 radical (unpaired) electrons. The topological polar surface area (TPSA) is 108 Å². The fourth-order valence-corrected chi connectivity index (χ4v) is 6.94. The van der Waals surface area contributed by atoms with E-state index in [1.165, 1.54) is 135 Å². The molecule has 0 spiro atoms. The predicted molar refractivity (Wildman–Crippen MR) is 228 cm³/mol. The van der Waals surface area contributed by atoms with E-state index < -0.39 is 26.6 Å². The van der Waals surface area contributed by atoms with Crippen LogP contribution in [0.3, 0.4) is 0 Å². The molecule has 0 bridgehead atoms. The molecule has 0 aromatic heterocycles. The van der Waals surface area contributed by atoms with Gasteiger partial charge in [-0.25, -0.2) is 0 Å². The first-order valence-electron chi connectivity index (χ1n) is 22.4. The first-order valence-corrected chi connectivity index (χ1v) is 23.8. The minimum Gasteiger partial charge on any atom is -0.756 e. The van der Waals surface area contributed by atoms with Crippen LogP contribution in [0.25, 0.3) is 0 Å². The van der Waals surface area contributed by atoms with Crippen LogP contribution in [0.1, 0.15) is 194 Å². The summed E-state index contributed by atoms with van der Waals surface area (Å²) in [6.45, 7) is 4.60. The summed E-state index contributed by atoms with van der Waals surface area (Å²) in [6.07, 6.45) is 44.8. The van der Waals surface area contributed by atoms with Crippen molar-refractivity contribution in [1.29, 1.82) is 0 Å². The lowest BCUT2D eigenvalue weighted by atomic mass is 10.0. The Balaban J connectivity index is 4.41. The van der Waals surface area contributed by atoms with Crippen molar-refractivity contribution in [3.05, 3.63) is 36.5 Å². The summed E-state index contributed by atoms with van der Waals surface area (Å²) < 4.78 is 23.2. The number of amides is 1. The van der Waals surface area contributed by atoms with E-state index in [9.17, 15) is 19.4 Å². The van der Waals surface area contributed by atoms with Gasteiger partial charge in [-0.15, -0.1) is 0 Å². The van der Waals surface area contributed by atoms with E-state index in [0.717, 1.165) is 38.5 Å². The molecule has 0 saturated carbocycles. The number of aliphatic hydroxyl groups is 1. The number of rotatable bonds is 40. The average molecular weight is 783 g/mol. The molecular weight excluding hydrogens is 695 g/mol. The predicted octanol–water partition coefficient (Wildman–Crippen LogP) is 11.7. The molecule has 8 nitrogen and oxygen atoms in total. The van der Waals surface area contributed by atoms with Crippen LogP contribution in [0.15, 0.2) is 36.5 Å². The SMILES string of the molecule is CCCCCCCC/C=C/CCCCCCCCCCCC(=O)N[C@@H](COP(=O)([O-])OCC[N+](C)(C)C)[C@H](O)/C=C/CC/C=C/CCCCCCCCC. The standard InChI is InChI=1S/C45H87N2O6P/c1-6-8-10-12-14-16-18-20-21-22-23-24-25-27-29-31-33-35-37-39-45(49)46-43(42-53-54(50,51)52-41-40-47(3,4)5)44(48)38-36-34-32-30-28-26-19-17-15-13-11-9-7-2/h20-21,28,30,36,38,43-44,48H,6-19,22-27,29,31-35,37,39-42H2,1-5H3,(H-,46,49,50,51)/b21-20+,30-28+,38-36+/t43-,44+/m0/s1. The second-order valence-corrected chi connectivity index (χ2v) is 17.8. The number of carbonyl (C=O) groups is 1. The Bertz CT molecular complexity index is 980. The Labute approximate surface area is 334 Å². The first kappa shape index (κ1) is 52.7. The molecule has 3 atom stereocenters. The van der Waals surface area contributed by atoms with Crippen LogP contribution < -0.4 is 10.2 Å². The van der Waals surface area contributed by atoms with Crippen molar-refractivity contribution in [3.63, 3.8) is 0 Å². The summed E-state index contributed by atoms with van der Waals surface area (Å²) in [7, 11) is 1.24. The second kappa shape index (κ2) is 37.3. The van der Waals surface area contributed by atoms with Gasteiger partial charge in [0.15, 0.2) is 0 Å². The largest absolute Gasteiger partial charge is 0.756 e. The number of carbonyl (C=O) groups excluding carboxylic acids is 1. The Morgan fingerprint density at radius 3 is 1.50 bits per heavy atom. The molecule has 1 amide bonds. The lowest BCUT2D eigenvalue weighted by Crippen LogP contribution is -2.45. The third-order valence-electron chi connectivity index (χ3n) is 9.82. The summed E-state index contributed by atoms with van der Waals surface area (Å²) in [5, 5.41) is 13.7. The van der Waals surface area contributed by atoms with E-state index >= 15 is 0 Å². The van der Waals surface area contributed by atoms with Crippen LogP contribution in [0.5, 0.6) is 0 Å². The van der Waals surface area contributed by atoms with Crippen molar-refractivity contribution >= 4 is 13.7 Å². The fraction of sp³-hybridized carbons (Fsp3) is 0.844. The number of aliphatic hydroxyl groups excluding tert-OH is 1. The monoisotopic (exact) mass is 783 g/mol. The highest BCUT2D eigenvalue weighted by Gasteiger charge is 2.23. The van der Waals surface area contributed by atoms with Crippen molar-refractivity contribution in [2.75, 3.05) is 40.9 Å². The van der Waals surface area contributed by atoms with Crippen LogP contribution in [0.4, 0.5) is 0 Å². The molecule has 0 saturated heterocycles. The highest BCUT2D eigenvalue weighted by Crippen LogP contribution is 2.38. The van der Waals surface area contributed by atoms with Gasteiger partial charge in [-0.2, -0.15) is 0 Å². The molecule has 54 heavy (non-hydrogen) atoms. The maximum atomic E-state index is 12.8. The molecular formula is C45H87N2O6P. The second-order valence-electron chi connectivity index (χ2n) is 16.4. The van der Waals surface area contributed by atoms with E-state index in [-0.39, 0.29) is 12.5 Å². The highest BCUT2D eigenvalue weighted by atomic mass is 31.2. The van der Waals surface area contributed by atoms with Crippen LogP contribution in [-0.2, 0) is 18.4 Å². The quantitative estimate of drug-likeness (QED) is 0.0277. The number of nitrogens with zero attached hydrogens (tertiary/aromatic N) is 1. The van der Waals surface area contributed by atoms with Crippen LogP contribution in [-0.4, -0.2) is 68.5 Å². The van der Waals surface area contributed by atoms with E-state index in [1.54, 1.807) is 6.08 Å². The minimum atomic E-state index is -4.59. The number of hydrogen-bond donors (Lipinski definition) is 2. The molecule has 9 heteroatoms. The molecule has 2 N–H and O–H groups in total. The van der Waals surface area contributed by atoms with Gasteiger partial charge in [0.05, 0.1) is 39.9 Å². The number of phosphoric acid groups is 1. The molecule has 0 aliphatic carbocycles. The molecule has 0 aromatic rings. The van der Waals surface area contributed by atoms with E-state index in [2.05, 4.69) is 43.5 Å². The van der Waals surface area contributed by atoms with Crippen LogP contribution >= 0.6 is 7.82 Å². The van der Waals surface area contributed by atoms with Gasteiger partial charge < -0.3 is 28.8 Å². The van der Waals surface area contributed by atoms with Crippen LogP contribution in [0.2, 0.25) is 0 Å². The molecule has 318 valence electrons.